The van der Waals surface area contributed by atoms with Crippen LogP contribution in [0.2, 0.25) is 0 Å². The monoisotopic (exact) mass is 272 g/mol. The number of alkyl halides is 3. The SMILES string of the molecule is NNC(c1ccccc1C(F)(F)F)C1CCCCC1. The molecule has 3 N–H and O–H groups in total. The Morgan fingerprint density at radius 1 is 1.11 bits per heavy atom. The maximum absolute atomic E-state index is 13.0. The second-order valence-corrected chi connectivity index (χ2v) is 5.13. The quantitative estimate of drug-likeness (QED) is 0.649. The maximum atomic E-state index is 13.0. The highest BCUT2D eigenvalue weighted by Gasteiger charge is 2.36. The summed E-state index contributed by atoms with van der Waals surface area (Å²) >= 11 is 0. The fraction of sp³-hybridized carbons (Fsp3) is 0.571. The molecule has 0 saturated heterocycles. The van der Waals surface area contributed by atoms with Crippen molar-refractivity contribution in [2.24, 2.45) is 11.8 Å². The molecule has 1 aliphatic carbocycles. The van der Waals surface area contributed by atoms with Crippen LogP contribution in [0, 0.1) is 5.92 Å². The third-order valence-electron chi connectivity index (χ3n) is 3.90. The molecular formula is C14H19F3N2. The highest BCUT2D eigenvalue weighted by Crippen LogP contribution is 2.40. The first-order chi connectivity index (χ1) is 9.04. The smallest absolute Gasteiger partial charge is 0.271 e. The number of nitrogens with two attached hydrogens (primary N) is 1. The molecule has 2 rings (SSSR count). The molecule has 19 heavy (non-hydrogen) atoms. The first kappa shape index (κ1) is 14.3. The zero-order chi connectivity index (χ0) is 13.9. The number of benzene rings is 1. The molecule has 0 aromatic heterocycles. The number of hydrogen-bond acceptors (Lipinski definition) is 2. The molecule has 1 aromatic rings. The molecule has 1 aromatic carbocycles. The lowest BCUT2D eigenvalue weighted by atomic mass is 9.80. The lowest BCUT2D eigenvalue weighted by Crippen LogP contribution is -2.35. The van der Waals surface area contributed by atoms with Crippen molar-refractivity contribution in [1.29, 1.82) is 0 Å². The van der Waals surface area contributed by atoms with Crippen LogP contribution in [0.4, 0.5) is 13.2 Å². The molecule has 0 aliphatic heterocycles. The van der Waals surface area contributed by atoms with Crippen LogP contribution in [-0.4, -0.2) is 0 Å². The van der Waals surface area contributed by atoms with E-state index in [0.29, 0.717) is 0 Å². The van der Waals surface area contributed by atoms with Gasteiger partial charge in [0.1, 0.15) is 0 Å². The van der Waals surface area contributed by atoms with Gasteiger partial charge in [0.15, 0.2) is 0 Å². The third-order valence-corrected chi connectivity index (χ3v) is 3.90. The van der Waals surface area contributed by atoms with Gasteiger partial charge in [-0.25, -0.2) is 0 Å². The van der Waals surface area contributed by atoms with E-state index >= 15 is 0 Å². The summed E-state index contributed by atoms with van der Waals surface area (Å²) in [4.78, 5) is 0. The number of hydrogen-bond donors (Lipinski definition) is 2. The summed E-state index contributed by atoms with van der Waals surface area (Å²) in [7, 11) is 0. The highest BCUT2D eigenvalue weighted by molar-refractivity contribution is 5.32. The molecule has 1 fully saturated rings. The van der Waals surface area contributed by atoms with Gasteiger partial charge in [0.05, 0.1) is 5.56 Å². The summed E-state index contributed by atoms with van der Waals surface area (Å²) < 4.78 is 39.1. The van der Waals surface area contributed by atoms with Crippen molar-refractivity contribution >= 4 is 0 Å². The minimum absolute atomic E-state index is 0.183. The Morgan fingerprint density at radius 2 is 1.74 bits per heavy atom. The summed E-state index contributed by atoms with van der Waals surface area (Å²) in [6.45, 7) is 0. The molecule has 1 aliphatic rings. The van der Waals surface area contributed by atoms with Gasteiger partial charge in [-0.1, -0.05) is 37.5 Å². The minimum atomic E-state index is -4.33. The highest BCUT2D eigenvalue weighted by atomic mass is 19.4. The third kappa shape index (κ3) is 3.28. The Labute approximate surface area is 111 Å². The predicted molar refractivity (Wildman–Crippen MR) is 68.1 cm³/mol. The van der Waals surface area contributed by atoms with E-state index in [1.165, 1.54) is 12.1 Å². The zero-order valence-electron chi connectivity index (χ0n) is 10.7. The summed E-state index contributed by atoms with van der Waals surface area (Å²) in [5.41, 5.74) is 2.29. The van der Waals surface area contributed by atoms with Gasteiger partial charge in [0.25, 0.3) is 0 Å². The fourth-order valence-corrected chi connectivity index (χ4v) is 2.97. The van der Waals surface area contributed by atoms with Gasteiger partial charge >= 0.3 is 6.18 Å². The minimum Gasteiger partial charge on any atom is -0.271 e. The molecule has 0 spiro atoms. The van der Waals surface area contributed by atoms with Crippen LogP contribution < -0.4 is 11.3 Å². The predicted octanol–water partition coefficient (Wildman–Crippen LogP) is 3.79. The van der Waals surface area contributed by atoms with Crippen LogP contribution in [0.25, 0.3) is 0 Å². The van der Waals surface area contributed by atoms with Crippen LogP contribution in [-0.2, 0) is 6.18 Å². The van der Waals surface area contributed by atoms with Crippen molar-refractivity contribution in [3.63, 3.8) is 0 Å². The van der Waals surface area contributed by atoms with Crippen LogP contribution in [0.3, 0.4) is 0 Å². The van der Waals surface area contributed by atoms with Gasteiger partial charge in [0.2, 0.25) is 0 Å². The van der Waals surface area contributed by atoms with Crippen molar-refractivity contribution in [2.75, 3.05) is 0 Å². The van der Waals surface area contributed by atoms with E-state index in [2.05, 4.69) is 5.43 Å². The summed E-state index contributed by atoms with van der Waals surface area (Å²) in [6.07, 6.45) is 0.825. The molecule has 0 bridgehead atoms. The largest absolute Gasteiger partial charge is 0.416 e. The number of halogens is 3. The van der Waals surface area contributed by atoms with Gasteiger partial charge in [-0.05, 0) is 30.4 Å². The van der Waals surface area contributed by atoms with Crippen LogP contribution in [0.15, 0.2) is 24.3 Å². The molecule has 1 atom stereocenters. The Balaban J connectivity index is 2.32. The van der Waals surface area contributed by atoms with Crippen molar-refractivity contribution in [1.82, 2.24) is 5.43 Å². The number of hydrazine groups is 1. The van der Waals surface area contributed by atoms with Gasteiger partial charge in [-0.2, -0.15) is 13.2 Å². The number of rotatable bonds is 3. The van der Waals surface area contributed by atoms with E-state index in [9.17, 15) is 13.2 Å². The fourth-order valence-electron chi connectivity index (χ4n) is 2.97. The first-order valence-corrected chi connectivity index (χ1v) is 6.66. The molecule has 5 heteroatoms. The molecule has 0 amide bonds. The lowest BCUT2D eigenvalue weighted by molar-refractivity contribution is -0.138. The van der Waals surface area contributed by atoms with E-state index in [-0.39, 0.29) is 11.5 Å². The van der Waals surface area contributed by atoms with Gasteiger partial charge in [-0.15, -0.1) is 0 Å². The average Bonchev–Trinajstić information content (AvgIpc) is 2.40. The Kier molecular flexibility index (Phi) is 4.47. The molecule has 106 valence electrons. The molecule has 0 radical (unpaired) electrons. The van der Waals surface area contributed by atoms with E-state index in [4.69, 9.17) is 5.84 Å². The molecular weight excluding hydrogens is 253 g/mol. The number of nitrogens with one attached hydrogen (secondary N) is 1. The standard InChI is InChI=1S/C14H19F3N2/c15-14(16,17)12-9-5-4-8-11(12)13(19-18)10-6-2-1-3-7-10/h4-5,8-10,13,19H,1-3,6-7,18H2. The van der Waals surface area contributed by atoms with Crippen molar-refractivity contribution in [3.05, 3.63) is 35.4 Å². The van der Waals surface area contributed by atoms with Gasteiger partial charge in [-0.3, -0.25) is 11.3 Å². The first-order valence-electron chi connectivity index (χ1n) is 6.66. The van der Waals surface area contributed by atoms with Crippen molar-refractivity contribution in [3.8, 4) is 0 Å². The van der Waals surface area contributed by atoms with Crippen LogP contribution in [0.5, 0.6) is 0 Å². The van der Waals surface area contributed by atoms with Gasteiger partial charge < -0.3 is 0 Å². The Morgan fingerprint density at radius 3 is 2.32 bits per heavy atom. The summed E-state index contributed by atoms with van der Waals surface area (Å²) in [5, 5.41) is 0. The molecule has 0 heterocycles. The summed E-state index contributed by atoms with van der Waals surface area (Å²) in [5.74, 6) is 5.71. The maximum Gasteiger partial charge on any atom is 0.416 e. The topological polar surface area (TPSA) is 38.0 Å². The second kappa shape index (κ2) is 5.92. The van der Waals surface area contributed by atoms with E-state index in [1.807, 2.05) is 0 Å². The normalized spacial score (nSPS) is 19.4. The zero-order valence-corrected chi connectivity index (χ0v) is 10.7. The van der Waals surface area contributed by atoms with E-state index < -0.39 is 17.8 Å². The van der Waals surface area contributed by atoms with Crippen LogP contribution >= 0.6 is 0 Å². The van der Waals surface area contributed by atoms with Gasteiger partial charge in [0, 0.05) is 6.04 Å². The van der Waals surface area contributed by atoms with E-state index in [0.717, 1.165) is 38.2 Å². The molecule has 2 nitrogen and oxygen atoms in total. The second-order valence-electron chi connectivity index (χ2n) is 5.13. The van der Waals surface area contributed by atoms with E-state index in [1.54, 1.807) is 6.07 Å². The van der Waals surface area contributed by atoms with Crippen molar-refractivity contribution in [2.45, 2.75) is 44.3 Å². The lowest BCUT2D eigenvalue weighted by Gasteiger charge is -2.31. The molecule has 1 saturated carbocycles. The Hall–Kier alpha value is -1.07. The average molecular weight is 272 g/mol. The summed E-state index contributed by atoms with van der Waals surface area (Å²) in [6, 6.07) is 5.29. The van der Waals surface area contributed by atoms with Crippen LogP contribution in [0.1, 0.15) is 49.3 Å². The molecule has 1 unspecified atom stereocenters. The van der Waals surface area contributed by atoms with Crippen molar-refractivity contribution < 1.29 is 13.2 Å². The Bertz CT molecular complexity index is 411.